The molecule has 1 heterocycles. The molecule has 1 aliphatic heterocycles. The van der Waals surface area contributed by atoms with Crippen LogP contribution in [0.4, 0.5) is 0 Å². The SMILES string of the molecule is C=C/C=C(Cl)\C(=C/C)CN1CCC[C@H]1C(=O)NCc1ccc(-c2ccccc2)cc1. The van der Waals surface area contributed by atoms with E-state index in [0.29, 0.717) is 18.1 Å². The first-order chi connectivity index (χ1) is 14.6. The molecule has 1 saturated heterocycles. The van der Waals surface area contributed by atoms with Crippen molar-refractivity contribution < 1.29 is 4.79 Å². The van der Waals surface area contributed by atoms with Gasteiger partial charge in [-0.3, -0.25) is 9.69 Å². The van der Waals surface area contributed by atoms with Crippen LogP contribution in [0.5, 0.6) is 0 Å². The predicted molar refractivity (Wildman–Crippen MR) is 126 cm³/mol. The van der Waals surface area contributed by atoms with Crippen molar-refractivity contribution in [2.45, 2.75) is 32.4 Å². The lowest BCUT2D eigenvalue weighted by Gasteiger charge is -2.25. The molecule has 2 aromatic carbocycles. The van der Waals surface area contributed by atoms with Gasteiger partial charge in [-0.25, -0.2) is 0 Å². The van der Waals surface area contributed by atoms with Gasteiger partial charge in [0.05, 0.1) is 6.04 Å². The Hall–Kier alpha value is -2.62. The summed E-state index contributed by atoms with van der Waals surface area (Å²) in [5.74, 6) is 0.0823. The lowest BCUT2D eigenvalue weighted by Crippen LogP contribution is -2.43. The summed E-state index contributed by atoms with van der Waals surface area (Å²) in [6.07, 6.45) is 7.37. The second kappa shape index (κ2) is 11.0. The number of hydrogen-bond donors (Lipinski definition) is 1. The maximum atomic E-state index is 12.8. The molecule has 3 rings (SSSR count). The molecule has 2 aromatic rings. The summed E-state index contributed by atoms with van der Waals surface area (Å²) in [6.45, 7) is 7.78. The fourth-order valence-electron chi connectivity index (χ4n) is 3.80. The molecular formula is C26H29ClN2O. The Balaban J connectivity index is 1.57. The van der Waals surface area contributed by atoms with Crippen LogP contribution in [0.25, 0.3) is 11.1 Å². The van der Waals surface area contributed by atoms with Crippen LogP contribution in [0, 0.1) is 0 Å². The van der Waals surface area contributed by atoms with Crippen molar-refractivity contribution in [3.63, 3.8) is 0 Å². The van der Waals surface area contributed by atoms with Crippen LogP contribution in [0.1, 0.15) is 25.3 Å². The molecule has 156 valence electrons. The van der Waals surface area contributed by atoms with Gasteiger partial charge < -0.3 is 5.32 Å². The van der Waals surface area contributed by atoms with Crippen molar-refractivity contribution in [3.05, 3.63) is 95.6 Å². The second-order valence-corrected chi connectivity index (χ2v) is 7.88. The molecule has 0 aromatic heterocycles. The van der Waals surface area contributed by atoms with Crippen LogP contribution in [-0.2, 0) is 11.3 Å². The van der Waals surface area contributed by atoms with E-state index in [9.17, 15) is 4.79 Å². The van der Waals surface area contributed by atoms with E-state index in [1.54, 1.807) is 12.2 Å². The van der Waals surface area contributed by atoms with Crippen molar-refractivity contribution in [2.24, 2.45) is 0 Å². The highest BCUT2D eigenvalue weighted by Crippen LogP contribution is 2.23. The Morgan fingerprint density at radius 1 is 1.17 bits per heavy atom. The molecule has 1 aliphatic rings. The minimum absolute atomic E-state index is 0.0823. The largest absolute Gasteiger partial charge is 0.351 e. The third-order valence-electron chi connectivity index (χ3n) is 5.49. The first-order valence-electron chi connectivity index (χ1n) is 10.4. The number of carbonyl (C=O) groups excluding carboxylic acids is 1. The van der Waals surface area contributed by atoms with Crippen LogP contribution < -0.4 is 5.32 Å². The first-order valence-corrected chi connectivity index (χ1v) is 10.8. The van der Waals surface area contributed by atoms with Crippen LogP contribution >= 0.6 is 11.6 Å². The summed E-state index contributed by atoms with van der Waals surface area (Å²) >= 11 is 6.35. The molecule has 0 saturated carbocycles. The van der Waals surface area contributed by atoms with Gasteiger partial charge in [-0.05, 0) is 54.6 Å². The molecule has 4 heteroatoms. The lowest BCUT2D eigenvalue weighted by molar-refractivity contribution is -0.125. The number of benzene rings is 2. The smallest absolute Gasteiger partial charge is 0.237 e. The van der Waals surface area contributed by atoms with Crippen molar-refractivity contribution in [1.82, 2.24) is 10.2 Å². The zero-order chi connectivity index (χ0) is 21.3. The van der Waals surface area contributed by atoms with E-state index in [0.717, 1.165) is 30.5 Å². The average molecular weight is 421 g/mol. The topological polar surface area (TPSA) is 32.3 Å². The van der Waals surface area contributed by atoms with E-state index in [-0.39, 0.29) is 11.9 Å². The molecular weight excluding hydrogens is 392 g/mol. The maximum Gasteiger partial charge on any atom is 0.237 e. The minimum atomic E-state index is -0.114. The molecule has 0 spiro atoms. The zero-order valence-electron chi connectivity index (χ0n) is 17.5. The quantitative estimate of drug-likeness (QED) is 0.556. The summed E-state index contributed by atoms with van der Waals surface area (Å²) in [7, 11) is 0. The number of nitrogens with one attached hydrogen (secondary N) is 1. The number of halogens is 1. The normalized spacial score (nSPS) is 17.7. The standard InChI is InChI=1S/C26H29ClN2O/c1-3-9-24(27)21(4-2)19-29-17-8-12-25(29)26(30)28-18-20-13-15-23(16-14-20)22-10-6-5-7-11-22/h3-7,9-11,13-16,25H,1,8,12,17-19H2,2H3,(H,28,30)/b21-4-,24-9+/t25-/m0/s1. The molecule has 1 amide bonds. The third kappa shape index (κ3) is 5.71. The van der Waals surface area contributed by atoms with E-state index in [4.69, 9.17) is 11.6 Å². The van der Waals surface area contributed by atoms with Crippen LogP contribution in [0.15, 0.2) is 90.0 Å². The number of nitrogens with zero attached hydrogens (tertiary/aromatic N) is 1. The molecule has 0 radical (unpaired) electrons. The Morgan fingerprint density at radius 3 is 2.53 bits per heavy atom. The van der Waals surface area contributed by atoms with Crippen LogP contribution in [0.2, 0.25) is 0 Å². The Morgan fingerprint density at radius 2 is 1.87 bits per heavy atom. The molecule has 1 atom stereocenters. The highest BCUT2D eigenvalue weighted by molar-refractivity contribution is 6.32. The molecule has 0 unspecified atom stereocenters. The molecule has 3 nitrogen and oxygen atoms in total. The van der Waals surface area contributed by atoms with E-state index >= 15 is 0 Å². The van der Waals surface area contributed by atoms with E-state index < -0.39 is 0 Å². The number of likely N-dealkylation sites (tertiary alicyclic amines) is 1. The van der Waals surface area contributed by atoms with Crippen molar-refractivity contribution in [3.8, 4) is 11.1 Å². The summed E-state index contributed by atoms with van der Waals surface area (Å²) in [5, 5.41) is 3.79. The number of hydrogen-bond acceptors (Lipinski definition) is 2. The predicted octanol–water partition coefficient (Wildman–Crippen LogP) is 5.69. The number of amides is 1. The molecule has 0 bridgehead atoms. The maximum absolute atomic E-state index is 12.8. The van der Waals surface area contributed by atoms with Crippen molar-refractivity contribution in [1.29, 1.82) is 0 Å². The van der Waals surface area contributed by atoms with Gasteiger partial charge >= 0.3 is 0 Å². The summed E-state index contributed by atoms with van der Waals surface area (Å²) in [6, 6.07) is 18.5. The average Bonchev–Trinajstić information content (AvgIpc) is 3.25. The summed E-state index contributed by atoms with van der Waals surface area (Å²) < 4.78 is 0. The third-order valence-corrected chi connectivity index (χ3v) is 5.86. The van der Waals surface area contributed by atoms with Gasteiger partial charge in [-0.15, -0.1) is 0 Å². The van der Waals surface area contributed by atoms with E-state index in [2.05, 4.69) is 53.2 Å². The van der Waals surface area contributed by atoms with Gasteiger partial charge in [-0.1, -0.05) is 84.9 Å². The number of carbonyl (C=O) groups is 1. The Labute approximate surface area is 184 Å². The molecule has 1 N–H and O–H groups in total. The minimum Gasteiger partial charge on any atom is -0.351 e. The van der Waals surface area contributed by atoms with Gasteiger partial charge in [0.2, 0.25) is 5.91 Å². The van der Waals surface area contributed by atoms with Crippen LogP contribution in [0.3, 0.4) is 0 Å². The molecule has 0 aliphatic carbocycles. The van der Waals surface area contributed by atoms with Gasteiger partial charge in [0, 0.05) is 18.1 Å². The number of allylic oxidation sites excluding steroid dienone is 3. The second-order valence-electron chi connectivity index (χ2n) is 7.47. The van der Waals surface area contributed by atoms with Gasteiger partial charge in [0.1, 0.15) is 0 Å². The van der Waals surface area contributed by atoms with Gasteiger partial charge in [0.15, 0.2) is 0 Å². The molecule has 30 heavy (non-hydrogen) atoms. The van der Waals surface area contributed by atoms with Crippen molar-refractivity contribution >= 4 is 17.5 Å². The Kier molecular flexibility index (Phi) is 8.06. The van der Waals surface area contributed by atoms with E-state index in [1.165, 1.54) is 11.1 Å². The fourth-order valence-corrected chi connectivity index (χ4v) is 4.06. The van der Waals surface area contributed by atoms with Gasteiger partial charge in [-0.2, -0.15) is 0 Å². The highest BCUT2D eigenvalue weighted by atomic mass is 35.5. The fraction of sp³-hybridized carbons (Fsp3) is 0.269. The highest BCUT2D eigenvalue weighted by Gasteiger charge is 2.31. The lowest BCUT2D eigenvalue weighted by atomic mass is 10.0. The number of rotatable bonds is 8. The van der Waals surface area contributed by atoms with Crippen LogP contribution in [-0.4, -0.2) is 29.9 Å². The summed E-state index contributed by atoms with van der Waals surface area (Å²) in [5.41, 5.74) is 4.49. The van der Waals surface area contributed by atoms with E-state index in [1.807, 2.05) is 31.2 Å². The molecule has 1 fully saturated rings. The van der Waals surface area contributed by atoms with Gasteiger partial charge in [0.25, 0.3) is 0 Å². The first kappa shape index (κ1) is 22.1. The monoisotopic (exact) mass is 420 g/mol. The zero-order valence-corrected chi connectivity index (χ0v) is 18.2. The summed E-state index contributed by atoms with van der Waals surface area (Å²) in [4.78, 5) is 15.1. The van der Waals surface area contributed by atoms with Crippen molar-refractivity contribution in [2.75, 3.05) is 13.1 Å². The Bertz CT molecular complexity index is 916.